The standard InChI is InChI=1S/C19H15FN4O5/c1-10-11(2)22-17-7-12(3-6-15(17)21-10)19(26)29-9-18(25)23-16-8-13(24(27)28)4-5-14(16)20/h3-8H,9H2,1-2H3,(H,23,25). The molecule has 9 nitrogen and oxygen atoms in total. The number of nitro benzene ring substituents is 1. The van der Waals surface area contributed by atoms with E-state index in [1.165, 1.54) is 12.1 Å². The number of nitro groups is 1. The molecule has 0 aliphatic rings. The molecule has 29 heavy (non-hydrogen) atoms. The molecular weight excluding hydrogens is 383 g/mol. The zero-order chi connectivity index (χ0) is 21.1. The first-order chi connectivity index (χ1) is 13.7. The van der Waals surface area contributed by atoms with Crippen molar-refractivity contribution >= 4 is 34.3 Å². The number of carbonyl (C=O) groups is 2. The Kier molecular flexibility index (Phi) is 5.44. The zero-order valence-electron chi connectivity index (χ0n) is 15.4. The van der Waals surface area contributed by atoms with E-state index in [9.17, 15) is 24.1 Å². The summed E-state index contributed by atoms with van der Waals surface area (Å²) >= 11 is 0. The van der Waals surface area contributed by atoms with Gasteiger partial charge in [0.2, 0.25) is 0 Å². The summed E-state index contributed by atoms with van der Waals surface area (Å²) in [6.45, 7) is 2.93. The number of hydrogen-bond acceptors (Lipinski definition) is 7. The number of non-ortho nitro benzene ring substituents is 1. The molecule has 148 valence electrons. The number of hydrogen-bond donors (Lipinski definition) is 1. The number of carbonyl (C=O) groups excluding carboxylic acids is 2. The maximum absolute atomic E-state index is 13.7. The number of benzene rings is 2. The minimum absolute atomic E-state index is 0.171. The highest BCUT2D eigenvalue weighted by Crippen LogP contribution is 2.21. The molecule has 0 radical (unpaired) electrons. The van der Waals surface area contributed by atoms with Crippen molar-refractivity contribution < 1.29 is 23.6 Å². The van der Waals surface area contributed by atoms with Gasteiger partial charge in [0.05, 0.1) is 38.6 Å². The second kappa shape index (κ2) is 7.97. The number of ether oxygens (including phenoxy) is 1. The number of amides is 1. The fraction of sp³-hybridized carbons (Fsp3) is 0.158. The first-order valence-corrected chi connectivity index (χ1v) is 8.40. The van der Waals surface area contributed by atoms with E-state index in [0.717, 1.165) is 29.6 Å². The lowest BCUT2D eigenvalue weighted by Gasteiger charge is -2.08. The van der Waals surface area contributed by atoms with Crippen molar-refractivity contribution in [2.75, 3.05) is 11.9 Å². The van der Waals surface area contributed by atoms with Crippen LogP contribution in [0.3, 0.4) is 0 Å². The summed E-state index contributed by atoms with van der Waals surface area (Å²) in [5.41, 5.74) is 2.02. The highest BCUT2D eigenvalue weighted by Gasteiger charge is 2.16. The van der Waals surface area contributed by atoms with Gasteiger partial charge in [-0.25, -0.2) is 19.2 Å². The monoisotopic (exact) mass is 398 g/mol. The van der Waals surface area contributed by atoms with Crippen molar-refractivity contribution in [3.63, 3.8) is 0 Å². The summed E-state index contributed by atoms with van der Waals surface area (Å²) in [6.07, 6.45) is 0. The molecule has 0 bridgehead atoms. The summed E-state index contributed by atoms with van der Waals surface area (Å²) in [5, 5.41) is 12.9. The van der Waals surface area contributed by atoms with Crippen LogP contribution in [0.25, 0.3) is 11.0 Å². The number of esters is 1. The third kappa shape index (κ3) is 4.49. The van der Waals surface area contributed by atoms with Crippen LogP contribution in [0.5, 0.6) is 0 Å². The molecule has 1 N–H and O–H groups in total. The zero-order valence-corrected chi connectivity index (χ0v) is 15.4. The SMILES string of the molecule is Cc1nc2ccc(C(=O)OCC(=O)Nc3cc([N+](=O)[O-])ccc3F)cc2nc1C. The molecule has 0 unspecified atom stereocenters. The second-order valence-electron chi connectivity index (χ2n) is 6.14. The van der Waals surface area contributed by atoms with Gasteiger partial charge in [0.25, 0.3) is 11.6 Å². The summed E-state index contributed by atoms with van der Waals surface area (Å²) in [6, 6.07) is 7.31. The molecule has 3 aromatic rings. The normalized spacial score (nSPS) is 10.6. The Morgan fingerprint density at radius 1 is 1.10 bits per heavy atom. The summed E-state index contributed by atoms with van der Waals surface area (Å²) in [7, 11) is 0. The van der Waals surface area contributed by atoms with Crippen molar-refractivity contribution in [1.29, 1.82) is 0 Å². The predicted octanol–water partition coefficient (Wildman–Crippen LogP) is 3.09. The van der Waals surface area contributed by atoms with Crippen LogP contribution in [0, 0.1) is 29.8 Å². The second-order valence-corrected chi connectivity index (χ2v) is 6.14. The van der Waals surface area contributed by atoms with Crippen molar-refractivity contribution in [3.8, 4) is 0 Å². The first-order valence-electron chi connectivity index (χ1n) is 8.40. The molecular formula is C19H15FN4O5. The lowest BCUT2D eigenvalue weighted by atomic mass is 10.2. The average Bonchev–Trinajstić information content (AvgIpc) is 2.68. The van der Waals surface area contributed by atoms with Crippen molar-refractivity contribution in [2.24, 2.45) is 0 Å². The largest absolute Gasteiger partial charge is 0.452 e. The van der Waals surface area contributed by atoms with E-state index in [4.69, 9.17) is 4.74 Å². The summed E-state index contributed by atoms with van der Waals surface area (Å²) in [4.78, 5) is 42.9. The van der Waals surface area contributed by atoms with Gasteiger partial charge >= 0.3 is 5.97 Å². The van der Waals surface area contributed by atoms with Crippen molar-refractivity contribution in [1.82, 2.24) is 9.97 Å². The van der Waals surface area contributed by atoms with Crippen LogP contribution < -0.4 is 5.32 Å². The number of aromatic nitrogens is 2. The van der Waals surface area contributed by atoms with E-state index in [-0.39, 0.29) is 16.9 Å². The average molecular weight is 398 g/mol. The van der Waals surface area contributed by atoms with Gasteiger partial charge in [-0.05, 0) is 38.1 Å². The fourth-order valence-corrected chi connectivity index (χ4v) is 2.48. The van der Waals surface area contributed by atoms with Crippen LogP contribution in [0.4, 0.5) is 15.8 Å². The highest BCUT2D eigenvalue weighted by molar-refractivity contribution is 5.97. The topological polar surface area (TPSA) is 124 Å². The Bertz CT molecular complexity index is 1150. The van der Waals surface area contributed by atoms with Gasteiger partial charge in [0.1, 0.15) is 5.82 Å². The van der Waals surface area contributed by atoms with Crippen molar-refractivity contribution in [3.05, 3.63) is 69.3 Å². The van der Waals surface area contributed by atoms with Gasteiger partial charge in [-0.15, -0.1) is 0 Å². The Hall–Kier alpha value is -3.95. The smallest absolute Gasteiger partial charge is 0.338 e. The van der Waals surface area contributed by atoms with E-state index < -0.39 is 29.2 Å². The molecule has 0 saturated carbocycles. The molecule has 1 aromatic heterocycles. The van der Waals surface area contributed by atoms with E-state index in [2.05, 4.69) is 15.3 Å². The molecule has 3 rings (SSSR count). The number of nitrogens with one attached hydrogen (secondary N) is 1. The Morgan fingerprint density at radius 2 is 1.79 bits per heavy atom. The van der Waals surface area contributed by atoms with E-state index in [0.29, 0.717) is 11.0 Å². The van der Waals surface area contributed by atoms with E-state index in [1.54, 1.807) is 13.0 Å². The minimum Gasteiger partial charge on any atom is -0.452 e. The van der Waals surface area contributed by atoms with Crippen LogP contribution in [-0.2, 0) is 9.53 Å². The lowest BCUT2D eigenvalue weighted by molar-refractivity contribution is -0.384. The minimum atomic E-state index is -0.853. The maximum atomic E-state index is 13.7. The lowest BCUT2D eigenvalue weighted by Crippen LogP contribution is -2.21. The van der Waals surface area contributed by atoms with Crippen LogP contribution in [0.1, 0.15) is 21.7 Å². The molecule has 0 saturated heterocycles. The van der Waals surface area contributed by atoms with Gasteiger partial charge in [0.15, 0.2) is 6.61 Å². The highest BCUT2D eigenvalue weighted by atomic mass is 19.1. The quantitative estimate of drug-likeness (QED) is 0.398. The molecule has 1 heterocycles. The molecule has 0 aliphatic heterocycles. The van der Waals surface area contributed by atoms with Gasteiger partial charge in [-0.2, -0.15) is 0 Å². The first kappa shape index (κ1) is 19.8. The Morgan fingerprint density at radius 3 is 2.48 bits per heavy atom. The summed E-state index contributed by atoms with van der Waals surface area (Å²) in [5.74, 6) is -2.47. The maximum Gasteiger partial charge on any atom is 0.338 e. The molecule has 1 amide bonds. The predicted molar refractivity (Wildman–Crippen MR) is 101 cm³/mol. The number of fused-ring (bicyclic) bond motifs is 1. The Labute approximate surface area is 163 Å². The van der Waals surface area contributed by atoms with Crippen LogP contribution in [0.15, 0.2) is 36.4 Å². The molecule has 0 aliphatic carbocycles. The number of halogens is 1. The van der Waals surface area contributed by atoms with Crippen LogP contribution in [0.2, 0.25) is 0 Å². The third-order valence-corrected chi connectivity index (χ3v) is 4.08. The van der Waals surface area contributed by atoms with Gasteiger partial charge in [0, 0.05) is 12.1 Å². The van der Waals surface area contributed by atoms with Crippen molar-refractivity contribution in [2.45, 2.75) is 13.8 Å². The van der Waals surface area contributed by atoms with Gasteiger partial charge in [-0.1, -0.05) is 0 Å². The molecule has 10 heteroatoms. The third-order valence-electron chi connectivity index (χ3n) is 4.08. The van der Waals surface area contributed by atoms with Gasteiger partial charge in [-0.3, -0.25) is 14.9 Å². The number of aryl methyl sites for hydroxylation is 2. The fourth-order valence-electron chi connectivity index (χ4n) is 2.48. The molecule has 0 fully saturated rings. The molecule has 2 aromatic carbocycles. The van der Waals surface area contributed by atoms with E-state index >= 15 is 0 Å². The number of nitrogens with zero attached hydrogens (tertiary/aromatic N) is 3. The number of anilines is 1. The summed E-state index contributed by atoms with van der Waals surface area (Å²) < 4.78 is 18.6. The van der Waals surface area contributed by atoms with Crippen LogP contribution >= 0.6 is 0 Å². The molecule has 0 spiro atoms. The van der Waals surface area contributed by atoms with E-state index in [1.807, 2.05) is 6.92 Å². The molecule has 0 atom stereocenters. The number of rotatable bonds is 5. The van der Waals surface area contributed by atoms with Crippen LogP contribution in [-0.4, -0.2) is 33.4 Å². The van der Waals surface area contributed by atoms with Gasteiger partial charge < -0.3 is 10.1 Å². The Balaban J connectivity index is 1.67.